The van der Waals surface area contributed by atoms with E-state index < -0.39 is 0 Å². The summed E-state index contributed by atoms with van der Waals surface area (Å²) in [5, 5.41) is 0. The van der Waals surface area contributed by atoms with E-state index in [0.29, 0.717) is 43.2 Å². The predicted molar refractivity (Wildman–Crippen MR) is 67.9 cm³/mol. The second-order valence-electron chi connectivity index (χ2n) is 3.85. The van der Waals surface area contributed by atoms with Gasteiger partial charge in [-0.25, -0.2) is 0 Å². The van der Waals surface area contributed by atoms with Gasteiger partial charge in [0.1, 0.15) is 13.2 Å². The van der Waals surface area contributed by atoms with Crippen molar-refractivity contribution < 1.29 is 14.3 Å². The van der Waals surface area contributed by atoms with Crippen LogP contribution in [0.25, 0.3) is 0 Å². The van der Waals surface area contributed by atoms with Crippen LogP contribution in [-0.2, 0) is 0 Å². The van der Waals surface area contributed by atoms with Crippen LogP contribution >= 0.6 is 15.9 Å². The Morgan fingerprint density at radius 3 is 2.88 bits per heavy atom. The SMILES string of the molecule is Cc1c(Br)c(C(=O)CCN)cc2c1OCCO2. The van der Waals surface area contributed by atoms with E-state index in [2.05, 4.69) is 15.9 Å². The van der Waals surface area contributed by atoms with Crippen molar-refractivity contribution in [2.45, 2.75) is 13.3 Å². The number of ketones is 1. The topological polar surface area (TPSA) is 61.6 Å². The molecule has 0 saturated heterocycles. The van der Waals surface area contributed by atoms with Crippen molar-refractivity contribution in [3.63, 3.8) is 0 Å². The molecule has 0 saturated carbocycles. The maximum atomic E-state index is 11.9. The lowest BCUT2D eigenvalue weighted by Crippen LogP contribution is -2.18. The van der Waals surface area contributed by atoms with Crippen LogP contribution < -0.4 is 15.2 Å². The van der Waals surface area contributed by atoms with E-state index in [4.69, 9.17) is 15.2 Å². The first-order valence-corrected chi connectivity index (χ1v) is 6.26. The highest BCUT2D eigenvalue weighted by Crippen LogP contribution is 2.40. The highest BCUT2D eigenvalue weighted by molar-refractivity contribution is 9.10. The average Bonchev–Trinajstić information content (AvgIpc) is 2.34. The summed E-state index contributed by atoms with van der Waals surface area (Å²) in [7, 11) is 0. The summed E-state index contributed by atoms with van der Waals surface area (Å²) in [6, 6.07) is 1.73. The van der Waals surface area contributed by atoms with Crippen LogP contribution in [0.2, 0.25) is 0 Å². The molecule has 0 aromatic heterocycles. The number of ether oxygens (including phenoxy) is 2. The van der Waals surface area contributed by atoms with Crippen LogP contribution in [0.3, 0.4) is 0 Å². The Morgan fingerprint density at radius 2 is 2.18 bits per heavy atom. The van der Waals surface area contributed by atoms with Crippen molar-refractivity contribution in [3.05, 3.63) is 21.7 Å². The second-order valence-corrected chi connectivity index (χ2v) is 4.64. The molecule has 0 radical (unpaired) electrons. The standard InChI is InChI=1S/C12H14BrNO3/c1-7-11(13)8(9(15)2-3-14)6-10-12(7)17-5-4-16-10/h6H,2-5,14H2,1H3. The maximum absolute atomic E-state index is 11.9. The Morgan fingerprint density at radius 1 is 1.47 bits per heavy atom. The van der Waals surface area contributed by atoms with E-state index in [0.717, 1.165) is 10.0 Å². The largest absolute Gasteiger partial charge is 0.486 e. The van der Waals surface area contributed by atoms with Crippen LogP contribution in [0.15, 0.2) is 10.5 Å². The smallest absolute Gasteiger partial charge is 0.165 e. The second kappa shape index (κ2) is 5.06. The fourth-order valence-electron chi connectivity index (χ4n) is 1.80. The number of carbonyl (C=O) groups excluding carboxylic acids is 1. The first-order chi connectivity index (χ1) is 8.15. The van der Waals surface area contributed by atoms with Crippen molar-refractivity contribution >= 4 is 21.7 Å². The van der Waals surface area contributed by atoms with Gasteiger partial charge < -0.3 is 15.2 Å². The van der Waals surface area contributed by atoms with Gasteiger partial charge in [-0.3, -0.25) is 4.79 Å². The Bertz CT molecular complexity index is 460. The molecule has 5 heteroatoms. The normalized spacial score (nSPS) is 13.6. The molecular weight excluding hydrogens is 286 g/mol. The highest BCUT2D eigenvalue weighted by atomic mass is 79.9. The van der Waals surface area contributed by atoms with Gasteiger partial charge in [0.2, 0.25) is 0 Å². The van der Waals surface area contributed by atoms with E-state index >= 15 is 0 Å². The van der Waals surface area contributed by atoms with Crippen LogP contribution in [-0.4, -0.2) is 25.5 Å². The van der Waals surface area contributed by atoms with Crippen LogP contribution in [0.5, 0.6) is 11.5 Å². The summed E-state index contributed by atoms with van der Waals surface area (Å²) in [5.74, 6) is 1.36. The zero-order valence-electron chi connectivity index (χ0n) is 9.59. The van der Waals surface area contributed by atoms with Gasteiger partial charge in [0, 0.05) is 22.0 Å². The molecule has 0 aliphatic carbocycles. The lowest BCUT2D eigenvalue weighted by Gasteiger charge is -2.22. The van der Waals surface area contributed by atoms with Gasteiger partial charge in [-0.2, -0.15) is 0 Å². The molecule has 2 N–H and O–H groups in total. The van der Waals surface area contributed by atoms with Gasteiger partial charge >= 0.3 is 0 Å². The third-order valence-corrected chi connectivity index (χ3v) is 3.69. The Balaban J connectivity index is 2.47. The molecule has 1 aliphatic rings. The van der Waals surface area contributed by atoms with Crippen molar-refractivity contribution in [1.29, 1.82) is 0 Å². The third-order valence-electron chi connectivity index (χ3n) is 2.66. The summed E-state index contributed by atoms with van der Waals surface area (Å²) >= 11 is 3.43. The van der Waals surface area contributed by atoms with E-state index in [1.165, 1.54) is 0 Å². The zero-order valence-corrected chi connectivity index (χ0v) is 11.2. The summed E-state index contributed by atoms with van der Waals surface area (Å²) in [4.78, 5) is 11.9. The Hall–Kier alpha value is -1.07. The van der Waals surface area contributed by atoms with Crippen LogP contribution in [0.1, 0.15) is 22.3 Å². The first-order valence-electron chi connectivity index (χ1n) is 5.47. The van der Waals surface area contributed by atoms with Crippen molar-refractivity contribution in [1.82, 2.24) is 0 Å². The van der Waals surface area contributed by atoms with Crippen LogP contribution in [0, 0.1) is 6.92 Å². The molecule has 0 spiro atoms. The fourth-order valence-corrected chi connectivity index (χ4v) is 2.31. The number of Topliss-reactive ketones (excluding diaryl/α,β-unsaturated/α-hetero) is 1. The highest BCUT2D eigenvalue weighted by Gasteiger charge is 2.21. The monoisotopic (exact) mass is 299 g/mol. The molecule has 17 heavy (non-hydrogen) atoms. The Kier molecular flexibility index (Phi) is 3.69. The van der Waals surface area contributed by atoms with Gasteiger partial charge in [-0.1, -0.05) is 0 Å². The third kappa shape index (κ3) is 2.30. The number of fused-ring (bicyclic) bond motifs is 1. The average molecular weight is 300 g/mol. The molecule has 0 amide bonds. The molecule has 1 heterocycles. The zero-order chi connectivity index (χ0) is 12.4. The number of rotatable bonds is 3. The van der Waals surface area contributed by atoms with E-state index in [1.54, 1.807) is 6.07 Å². The van der Waals surface area contributed by atoms with Gasteiger partial charge in [0.25, 0.3) is 0 Å². The fraction of sp³-hybridized carbons (Fsp3) is 0.417. The van der Waals surface area contributed by atoms with Gasteiger partial charge in [0.05, 0.1) is 0 Å². The summed E-state index contributed by atoms with van der Waals surface area (Å²) in [6.07, 6.45) is 0.331. The molecule has 92 valence electrons. The minimum absolute atomic E-state index is 0.0134. The van der Waals surface area contributed by atoms with Crippen LogP contribution in [0.4, 0.5) is 0 Å². The van der Waals surface area contributed by atoms with Gasteiger partial charge in [-0.15, -0.1) is 0 Å². The number of halogens is 1. The lowest BCUT2D eigenvalue weighted by atomic mass is 10.0. The molecular formula is C12H14BrNO3. The minimum Gasteiger partial charge on any atom is -0.486 e. The summed E-state index contributed by atoms with van der Waals surface area (Å²) in [6.45, 7) is 3.30. The lowest BCUT2D eigenvalue weighted by molar-refractivity contribution is 0.0983. The number of nitrogens with two attached hydrogens (primary N) is 1. The molecule has 0 fully saturated rings. The van der Waals surface area contributed by atoms with E-state index in [1.807, 2.05) is 6.92 Å². The van der Waals surface area contributed by atoms with Crippen molar-refractivity contribution in [2.24, 2.45) is 5.73 Å². The molecule has 0 unspecified atom stereocenters. The molecule has 0 bridgehead atoms. The number of hydrogen-bond acceptors (Lipinski definition) is 4. The molecule has 4 nitrogen and oxygen atoms in total. The summed E-state index contributed by atoms with van der Waals surface area (Å²) in [5.41, 5.74) is 6.90. The molecule has 0 atom stereocenters. The quantitative estimate of drug-likeness (QED) is 0.868. The summed E-state index contributed by atoms with van der Waals surface area (Å²) < 4.78 is 11.8. The number of hydrogen-bond donors (Lipinski definition) is 1. The van der Waals surface area contributed by atoms with E-state index in [-0.39, 0.29) is 5.78 Å². The van der Waals surface area contributed by atoms with Crippen molar-refractivity contribution in [3.8, 4) is 11.5 Å². The number of carbonyl (C=O) groups is 1. The molecule has 2 rings (SSSR count). The van der Waals surface area contributed by atoms with E-state index in [9.17, 15) is 4.79 Å². The maximum Gasteiger partial charge on any atom is 0.165 e. The minimum atomic E-state index is 0.0134. The van der Waals surface area contributed by atoms with Gasteiger partial charge in [-0.05, 0) is 35.5 Å². The first kappa shape index (κ1) is 12.4. The van der Waals surface area contributed by atoms with Crippen molar-refractivity contribution in [2.75, 3.05) is 19.8 Å². The predicted octanol–water partition coefficient (Wildman–Crippen LogP) is 2.06. The molecule has 1 aromatic rings. The number of benzene rings is 1. The Labute approximate surface area is 108 Å². The molecule has 1 aliphatic heterocycles. The molecule has 1 aromatic carbocycles. The van der Waals surface area contributed by atoms with Gasteiger partial charge in [0.15, 0.2) is 17.3 Å².